The number of carbonyl (C=O) groups excluding carboxylic acids is 1. The molecule has 0 radical (unpaired) electrons. The van der Waals surface area contributed by atoms with Crippen molar-refractivity contribution in [3.05, 3.63) is 63.0 Å². The molecule has 2 saturated heterocycles. The molecule has 1 saturated carbocycles. The van der Waals surface area contributed by atoms with Gasteiger partial charge in [-0.1, -0.05) is 0 Å². The summed E-state index contributed by atoms with van der Waals surface area (Å²) < 4.78 is 29.0. The topological polar surface area (TPSA) is 117 Å². The van der Waals surface area contributed by atoms with Gasteiger partial charge in [-0.25, -0.2) is 9.49 Å². The number of fused-ring (bicyclic) bond motifs is 2. The highest BCUT2D eigenvalue weighted by atomic mass is 32.1. The van der Waals surface area contributed by atoms with E-state index < -0.39 is 17.2 Å². The van der Waals surface area contributed by atoms with Crippen LogP contribution in [-0.2, 0) is 0 Å². The summed E-state index contributed by atoms with van der Waals surface area (Å²) in [6.45, 7) is 2.38. The molecule has 2 unspecified atom stereocenters. The summed E-state index contributed by atoms with van der Waals surface area (Å²) in [5.41, 5.74) is 1.46. The Morgan fingerprint density at radius 2 is 2.02 bits per heavy atom. The van der Waals surface area contributed by atoms with Gasteiger partial charge in [-0.2, -0.15) is 0 Å². The Bertz CT molecular complexity index is 1760. The van der Waals surface area contributed by atoms with Gasteiger partial charge < -0.3 is 29.3 Å². The molecule has 3 aliphatic rings. The number of aromatic nitrogens is 3. The zero-order valence-electron chi connectivity index (χ0n) is 22.4. The molecule has 12 heteroatoms. The average molecular weight is 577 g/mol. The summed E-state index contributed by atoms with van der Waals surface area (Å²) in [7, 11) is 1.51. The molecule has 41 heavy (non-hydrogen) atoms. The molecule has 3 N–H and O–H groups in total. The van der Waals surface area contributed by atoms with Gasteiger partial charge in [0.2, 0.25) is 11.3 Å². The van der Waals surface area contributed by atoms with Crippen molar-refractivity contribution in [3.63, 3.8) is 0 Å². The van der Waals surface area contributed by atoms with E-state index in [0.717, 1.165) is 38.8 Å². The second-order valence-electron chi connectivity index (χ2n) is 11.0. The summed E-state index contributed by atoms with van der Waals surface area (Å²) in [5, 5.41) is 13.0. The first-order valence-corrected chi connectivity index (χ1v) is 14.2. The first kappa shape index (κ1) is 25.9. The average Bonchev–Trinajstić information content (AvgIpc) is 3.58. The van der Waals surface area contributed by atoms with Crippen molar-refractivity contribution in [1.29, 1.82) is 0 Å². The molecule has 1 amide bonds. The molecule has 212 valence electrons. The summed E-state index contributed by atoms with van der Waals surface area (Å²) in [4.78, 5) is 29.3. The molecular weight excluding hydrogens is 547 g/mol. The number of anilines is 2. The van der Waals surface area contributed by atoms with E-state index >= 15 is 4.39 Å². The molecule has 4 heterocycles. The number of rotatable bonds is 6. The number of amides is 1. The molecule has 4 aromatic rings. The number of carbonyl (C=O) groups is 1. The lowest BCUT2D eigenvalue weighted by molar-refractivity contribution is 0.102. The minimum absolute atomic E-state index is 0.0582. The second-order valence-corrected chi connectivity index (χ2v) is 11.3. The SMILES string of the molecule is COc1c(N2CC3CCCNC3C2)c(F)cc2c(=O)c(C(=O)Nc3ccc(-c4n[nH]c(=S)o4)cc3)cn(C3CC3)c12. The number of H-pyrrole nitrogens is 1. The number of piperidine rings is 1. The molecule has 2 aromatic heterocycles. The van der Waals surface area contributed by atoms with E-state index in [2.05, 4.69) is 20.8 Å². The van der Waals surface area contributed by atoms with Crippen LogP contribution in [0.15, 0.2) is 45.7 Å². The van der Waals surface area contributed by atoms with Crippen LogP contribution in [0, 0.1) is 16.6 Å². The summed E-state index contributed by atoms with van der Waals surface area (Å²) >= 11 is 4.92. The van der Waals surface area contributed by atoms with Gasteiger partial charge in [-0.05, 0) is 80.7 Å². The maximum Gasteiger partial charge on any atom is 0.284 e. The van der Waals surface area contributed by atoms with Gasteiger partial charge in [0.15, 0.2) is 11.6 Å². The Balaban J connectivity index is 1.26. The number of nitrogens with zero attached hydrogens (tertiary/aromatic N) is 3. The van der Waals surface area contributed by atoms with Crippen molar-refractivity contribution in [3.8, 4) is 17.2 Å². The second kappa shape index (κ2) is 10.1. The normalized spacial score (nSPS) is 20.3. The van der Waals surface area contributed by atoms with Crippen LogP contribution in [0.25, 0.3) is 22.4 Å². The summed E-state index contributed by atoms with van der Waals surface area (Å²) in [6.07, 6.45) is 5.61. The monoisotopic (exact) mass is 576 g/mol. The van der Waals surface area contributed by atoms with Gasteiger partial charge in [0, 0.05) is 42.6 Å². The number of aromatic amines is 1. The molecule has 0 bridgehead atoms. The highest BCUT2D eigenvalue weighted by Gasteiger charge is 2.38. The first-order valence-electron chi connectivity index (χ1n) is 13.8. The molecular formula is C29H29FN6O4S. The number of methoxy groups -OCH3 is 1. The van der Waals surface area contributed by atoms with Crippen molar-refractivity contribution < 1.29 is 18.3 Å². The molecule has 10 nitrogen and oxygen atoms in total. The van der Waals surface area contributed by atoms with Crippen LogP contribution in [0.5, 0.6) is 5.75 Å². The summed E-state index contributed by atoms with van der Waals surface area (Å²) in [6, 6.07) is 8.48. The lowest BCUT2D eigenvalue weighted by atomic mass is 9.94. The van der Waals surface area contributed by atoms with E-state index in [1.54, 1.807) is 30.5 Å². The van der Waals surface area contributed by atoms with Gasteiger partial charge in [0.25, 0.3) is 10.7 Å². The highest BCUT2D eigenvalue weighted by molar-refractivity contribution is 7.71. The zero-order valence-corrected chi connectivity index (χ0v) is 23.2. The Labute approximate surface area is 239 Å². The molecule has 2 atom stereocenters. The first-order chi connectivity index (χ1) is 19.9. The fourth-order valence-electron chi connectivity index (χ4n) is 6.21. The Hall–Kier alpha value is -4.03. The van der Waals surface area contributed by atoms with E-state index in [9.17, 15) is 9.59 Å². The molecule has 3 fully saturated rings. The van der Waals surface area contributed by atoms with Gasteiger partial charge in [-0.15, -0.1) is 5.10 Å². The molecule has 2 aliphatic heterocycles. The number of halogens is 1. The van der Waals surface area contributed by atoms with E-state index in [4.69, 9.17) is 21.4 Å². The van der Waals surface area contributed by atoms with Crippen LogP contribution >= 0.6 is 12.2 Å². The zero-order chi connectivity index (χ0) is 28.2. The minimum Gasteiger partial charge on any atom is -0.492 e. The predicted octanol–water partition coefficient (Wildman–Crippen LogP) is 4.64. The molecule has 2 aromatic carbocycles. The van der Waals surface area contributed by atoms with Crippen LogP contribution < -0.4 is 25.7 Å². The van der Waals surface area contributed by atoms with Crippen molar-refractivity contribution >= 4 is 40.4 Å². The maximum atomic E-state index is 15.9. The van der Waals surface area contributed by atoms with Gasteiger partial charge in [0.1, 0.15) is 11.3 Å². The Kier molecular flexibility index (Phi) is 6.39. The van der Waals surface area contributed by atoms with Crippen LogP contribution in [-0.4, -0.2) is 53.5 Å². The van der Waals surface area contributed by atoms with Crippen LogP contribution in [0.2, 0.25) is 0 Å². The third kappa shape index (κ3) is 4.60. The minimum atomic E-state index is -0.575. The van der Waals surface area contributed by atoms with Crippen LogP contribution in [0.1, 0.15) is 42.1 Å². The number of pyridine rings is 1. The number of nitrogens with one attached hydrogen (secondary N) is 3. The van der Waals surface area contributed by atoms with Crippen molar-refractivity contribution in [1.82, 2.24) is 20.1 Å². The number of hydrogen-bond donors (Lipinski definition) is 3. The quantitative estimate of drug-likeness (QED) is 0.284. The lowest BCUT2D eigenvalue weighted by Gasteiger charge is -2.25. The van der Waals surface area contributed by atoms with Gasteiger partial charge in [-0.3, -0.25) is 9.59 Å². The molecule has 1 aliphatic carbocycles. The third-order valence-corrected chi connectivity index (χ3v) is 8.51. The van der Waals surface area contributed by atoms with Gasteiger partial charge >= 0.3 is 0 Å². The van der Waals surface area contributed by atoms with E-state index in [1.165, 1.54) is 13.2 Å². The van der Waals surface area contributed by atoms with Gasteiger partial charge in [0.05, 0.1) is 18.0 Å². The fourth-order valence-corrected chi connectivity index (χ4v) is 6.34. The fraction of sp³-hybridized carbons (Fsp3) is 0.379. The lowest BCUT2D eigenvalue weighted by Crippen LogP contribution is -2.40. The van der Waals surface area contributed by atoms with Crippen molar-refractivity contribution in [2.75, 3.05) is 37.0 Å². The third-order valence-electron chi connectivity index (χ3n) is 8.33. The number of hydrogen-bond acceptors (Lipinski definition) is 8. The Morgan fingerprint density at radius 3 is 2.71 bits per heavy atom. The molecule has 7 rings (SSSR count). The standard InChI is InChI=1S/C29H29FN6O4S/c1-39-26-23-19(11-21(30)24(26)35-12-16-3-2-10-31-22(16)14-35)25(37)20(13-36(23)18-8-9-18)27(38)32-17-6-4-15(5-7-17)28-33-34-29(41)40-28/h4-7,11,13,16,18,22,31H,2-3,8-10,12,14H2,1H3,(H,32,38)(H,34,41). The smallest absolute Gasteiger partial charge is 0.284 e. The highest BCUT2D eigenvalue weighted by Crippen LogP contribution is 2.45. The van der Waals surface area contributed by atoms with E-state index in [1.807, 2.05) is 9.47 Å². The Morgan fingerprint density at radius 1 is 1.22 bits per heavy atom. The number of benzene rings is 2. The summed E-state index contributed by atoms with van der Waals surface area (Å²) in [5.74, 6) is 0.0217. The van der Waals surface area contributed by atoms with Crippen molar-refractivity contribution in [2.24, 2.45) is 5.92 Å². The molecule has 0 spiro atoms. The van der Waals surface area contributed by atoms with Crippen LogP contribution in [0.4, 0.5) is 15.8 Å². The van der Waals surface area contributed by atoms with Crippen molar-refractivity contribution in [2.45, 2.75) is 37.8 Å². The largest absolute Gasteiger partial charge is 0.492 e. The van der Waals surface area contributed by atoms with Crippen LogP contribution in [0.3, 0.4) is 0 Å². The van der Waals surface area contributed by atoms with E-state index in [-0.39, 0.29) is 21.8 Å². The van der Waals surface area contributed by atoms with E-state index in [0.29, 0.717) is 52.6 Å². The predicted molar refractivity (Wildman–Crippen MR) is 155 cm³/mol. The maximum absolute atomic E-state index is 15.9. The number of ether oxygens (including phenoxy) is 1.